The average Bonchev–Trinajstić information content (AvgIpc) is 3.00. The van der Waals surface area contributed by atoms with Gasteiger partial charge in [0.15, 0.2) is 29.4 Å². The zero-order chi connectivity index (χ0) is 16.0. The van der Waals surface area contributed by atoms with Crippen molar-refractivity contribution in [3.63, 3.8) is 0 Å². The number of halogens is 1. The third kappa shape index (κ3) is 2.16. The molecule has 0 amide bonds. The van der Waals surface area contributed by atoms with Crippen LogP contribution in [0.1, 0.15) is 6.23 Å². The Kier molecular flexibility index (Phi) is 3.59. The van der Waals surface area contributed by atoms with E-state index in [1.165, 1.54) is 10.9 Å². The highest BCUT2D eigenvalue weighted by molar-refractivity contribution is 5.84. The van der Waals surface area contributed by atoms with Gasteiger partial charge in [0.05, 0.1) is 12.9 Å². The van der Waals surface area contributed by atoms with E-state index in [1.807, 2.05) is 0 Å². The van der Waals surface area contributed by atoms with Gasteiger partial charge in [-0.25, -0.2) is 9.37 Å². The number of rotatable bonds is 3. The number of ether oxygens (including phenoxy) is 1. The molecule has 0 unspecified atom stereocenters. The van der Waals surface area contributed by atoms with E-state index in [0.29, 0.717) is 17.0 Å². The number of hydrogen-bond donors (Lipinski definition) is 3. The lowest BCUT2D eigenvalue weighted by atomic mass is 10.1. The van der Waals surface area contributed by atoms with Crippen LogP contribution >= 0.6 is 0 Å². The first kappa shape index (κ1) is 14.9. The first-order chi connectivity index (χ1) is 10.4. The van der Waals surface area contributed by atoms with E-state index in [-0.39, 0.29) is 5.95 Å². The van der Waals surface area contributed by atoms with Gasteiger partial charge in [-0.2, -0.15) is 9.97 Å². The molecule has 1 aliphatic heterocycles. The number of hydrogen-bond acceptors (Lipinski definition) is 8. The quantitative estimate of drug-likeness (QED) is 0.664. The lowest BCUT2D eigenvalue weighted by Gasteiger charge is -2.16. The van der Waals surface area contributed by atoms with Crippen LogP contribution in [0.15, 0.2) is 6.33 Å². The van der Waals surface area contributed by atoms with Crippen LogP contribution in [0.25, 0.3) is 11.2 Å². The van der Waals surface area contributed by atoms with Crippen LogP contribution < -0.4 is 10.6 Å². The summed E-state index contributed by atoms with van der Waals surface area (Å²) in [7, 11) is 3.55. The monoisotopic (exact) mass is 312 g/mol. The van der Waals surface area contributed by atoms with Crippen LogP contribution in [0.3, 0.4) is 0 Å². The van der Waals surface area contributed by atoms with E-state index in [1.54, 1.807) is 19.0 Å². The molecular weight excluding hydrogens is 295 g/mol. The number of nitrogens with two attached hydrogens (primary N) is 1. The Balaban J connectivity index is 2.09. The summed E-state index contributed by atoms with van der Waals surface area (Å²) in [5, 5.41) is 18.9. The number of nitrogen functional groups attached to an aromatic ring is 1. The van der Waals surface area contributed by atoms with Crippen LogP contribution in [0, 0.1) is 0 Å². The third-order valence-electron chi connectivity index (χ3n) is 3.59. The van der Waals surface area contributed by atoms with Gasteiger partial charge in [0.25, 0.3) is 0 Å². The molecule has 4 N–H and O–H groups in total. The molecule has 0 aromatic carbocycles. The number of aromatic nitrogens is 4. The second-order valence-electron chi connectivity index (χ2n) is 5.31. The molecule has 22 heavy (non-hydrogen) atoms. The fraction of sp³-hybridized carbons (Fsp3) is 0.583. The van der Waals surface area contributed by atoms with Crippen molar-refractivity contribution in [1.82, 2.24) is 19.5 Å². The Morgan fingerprint density at radius 2 is 2.18 bits per heavy atom. The molecule has 3 heterocycles. The predicted molar refractivity (Wildman–Crippen MR) is 76.0 cm³/mol. The fourth-order valence-corrected chi connectivity index (χ4v) is 2.49. The van der Waals surface area contributed by atoms with E-state index < -0.39 is 31.2 Å². The summed E-state index contributed by atoms with van der Waals surface area (Å²) in [6.07, 6.45) is -3.91. The number of alkyl halides is 1. The van der Waals surface area contributed by atoms with Gasteiger partial charge in [-0.3, -0.25) is 4.57 Å². The predicted octanol–water partition coefficient (Wildman–Crippen LogP) is -0.937. The van der Waals surface area contributed by atoms with Gasteiger partial charge in [0.2, 0.25) is 5.95 Å². The van der Waals surface area contributed by atoms with Crippen LogP contribution in [-0.4, -0.2) is 68.8 Å². The highest BCUT2D eigenvalue weighted by Gasteiger charge is 2.45. The number of aliphatic hydroxyl groups excluding tert-OH is 2. The highest BCUT2D eigenvalue weighted by atomic mass is 19.1. The summed E-state index contributed by atoms with van der Waals surface area (Å²) in [6.45, 7) is -0.481. The minimum absolute atomic E-state index is 0.0191. The molecule has 1 fully saturated rings. The summed E-state index contributed by atoms with van der Waals surface area (Å²) >= 11 is 0. The molecule has 0 spiro atoms. The van der Waals surface area contributed by atoms with Crippen LogP contribution in [0.2, 0.25) is 0 Å². The van der Waals surface area contributed by atoms with Crippen molar-refractivity contribution in [1.29, 1.82) is 0 Å². The first-order valence-corrected chi connectivity index (χ1v) is 6.70. The number of anilines is 2. The van der Waals surface area contributed by atoms with Crippen molar-refractivity contribution < 1.29 is 19.3 Å². The molecule has 0 aliphatic carbocycles. The van der Waals surface area contributed by atoms with Crippen molar-refractivity contribution in [2.45, 2.75) is 24.6 Å². The van der Waals surface area contributed by atoms with E-state index in [2.05, 4.69) is 15.0 Å². The van der Waals surface area contributed by atoms with Crippen LogP contribution in [-0.2, 0) is 4.74 Å². The van der Waals surface area contributed by atoms with Crippen molar-refractivity contribution in [3.8, 4) is 0 Å². The van der Waals surface area contributed by atoms with Gasteiger partial charge in [-0.05, 0) is 0 Å². The molecule has 2 aromatic heterocycles. The molecule has 1 saturated heterocycles. The number of aliphatic hydroxyl groups is 2. The molecule has 9 nitrogen and oxygen atoms in total. The second-order valence-corrected chi connectivity index (χ2v) is 5.31. The molecule has 0 radical (unpaired) electrons. The Bertz CT molecular complexity index is 693. The van der Waals surface area contributed by atoms with E-state index >= 15 is 0 Å². The van der Waals surface area contributed by atoms with E-state index in [0.717, 1.165) is 0 Å². The van der Waals surface area contributed by atoms with Crippen molar-refractivity contribution in [2.75, 3.05) is 31.3 Å². The van der Waals surface area contributed by atoms with Gasteiger partial charge in [0.1, 0.15) is 12.2 Å². The fourth-order valence-electron chi connectivity index (χ4n) is 2.49. The smallest absolute Gasteiger partial charge is 0.224 e. The largest absolute Gasteiger partial charge is 0.394 e. The Morgan fingerprint density at radius 3 is 2.77 bits per heavy atom. The van der Waals surface area contributed by atoms with Gasteiger partial charge < -0.3 is 25.6 Å². The zero-order valence-electron chi connectivity index (χ0n) is 12.1. The highest BCUT2D eigenvalue weighted by Crippen LogP contribution is 2.34. The van der Waals surface area contributed by atoms with Crippen molar-refractivity contribution >= 4 is 22.9 Å². The molecule has 0 saturated carbocycles. The summed E-state index contributed by atoms with van der Waals surface area (Å²) in [5.41, 5.74) is 6.43. The maximum Gasteiger partial charge on any atom is 0.224 e. The lowest BCUT2D eigenvalue weighted by Crippen LogP contribution is -2.30. The molecule has 10 heteroatoms. The van der Waals surface area contributed by atoms with Crippen molar-refractivity contribution in [2.24, 2.45) is 0 Å². The van der Waals surface area contributed by atoms with Gasteiger partial charge in [-0.1, -0.05) is 0 Å². The molecule has 4 atom stereocenters. The topological polar surface area (TPSA) is 123 Å². The number of imidazole rings is 1. The Labute approximate surface area is 125 Å². The van der Waals surface area contributed by atoms with Gasteiger partial charge in [-0.15, -0.1) is 0 Å². The lowest BCUT2D eigenvalue weighted by molar-refractivity contribution is -0.0459. The summed E-state index contributed by atoms with van der Waals surface area (Å²) in [4.78, 5) is 14.1. The summed E-state index contributed by atoms with van der Waals surface area (Å²) < 4.78 is 21.0. The zero-order valence-corrected chi connectivity index (χ0v) is 12.1. The maximum atomic E-state index is 14.2. The third-order valence-corrected chi connectivity index (χ3v) is 3.59. The molecular formula is C12H17FN6O3. The number of nitrogens with zero attached hydrogens (tertiary/aromatic N) is 5. The van der Waals surface area contributed by atoms with Gasteiger partial charge >= 0.3 is 0 Å². The Hall–Kier alpha value is -2.04. The molecule has 2 aromatic rings. The maximum absolute atomic E-state index is 14.2. The van der Waals surface area contributed by atoms with Gasteiger partial charge in [0, 0.05) is 14.1 Å². The average molecular weight is 312 g/mol. The molecule has 0 bridgehead atoms. The summed E-state index contributed by atoms with van der Waals surface area (Å²) in [5.74, 6) is 0.513. The number of fused-ring (bicyclic) bond motifs is 1. The SMILES string of the molecule is CN(C)c1nc(N)nc2c1ncn2[C@@H]1O[C@H](CO)[C@@H](O)[C@H]1F. The standard InChI is InChI=1S/C12H17FN6O3/c1-18(2)9-7-10(17-12(14)16-9)19(4-15-7)11-6(13)8(21)5(3-20)22-11/h4-6,8,11,20-21H,3H2,1-2H3,(H2,14,16,17)/t5-,6-,8-,11-/m1/s1. The Morgan fingerprint density at radius 1 is 1.45 bits per heavy atom. The minimum atomic E-state index is -1.71. The molecule has 3 rings (SSSR count). The first-order valence-electron chi connectivity index (χ1n) is 6.70. The van der Waals surface area contributed by atoms with Crippen molar-refractivity contribution in [3.05, 3.63) is 6.33 Å². The normalized spacial score (nSPS) is 28.4. The van der Waals surface area contributed by atoms with Crippen LogP contribution in [0.5, 0.6) is 0 Å². The molecule has 1 aliphatic rings. The summed E-state index contributed by atoms with van der Waals surface area (Å²) in [6, 6.07) is 0. The van der Waals surface area contributed by atoms with E-state index in [4.69, 9.17) is 15.6 Å². The second kappa shape index (κ2) is 5.30. The minimum Gasteiger partial charge on any atom is -0.394 e. The molecule has 120 valence electrons. The van der Waals surface area contributed by atoms with E-state index in [9.17, 15) is 9.50 Å². The van der Waals surface area contributed by atoms with Crippen LogP contribution in [0.4, 0.5) is 16.2 Å².